The molecule has 198 valence electrons. The molecule has 2 aromatic heterocycles. The molecular formula is C24H20Cl2F2N6O3S. The molecule has 2 saturated heterocycles. The van der Waals surface area contributed by atoms with Crippen molar-refractivity contribution < 1.29 is 23.2 Å². The van der Waals surface area contributed by atoms with E-state index in [2.05, 4.69) is 15.4 Å². The molecule has 2 aliphatic rings. The van der Waals surface area contributed by atoms with Crippen LogP contribution in [0, 0.1) is 11.3 Å². The number of hydrazine groups is 1. The molecule has 1 spiro atoms. The smallest absolute Gasteiger partial charge is 0.351 e. The number of pyridine rings is 1. The van der Waals surface area contributed by atoms with Crippen LogP contribution in [0.1, 0.15) is 15.2 Å². The van der Waals surface area contributed by atoms with Gasteiger partial charge in [0.1, 0.15) is 10.7 Å². The third kappa shape index (κ3) is 4.79. The number of hydrogen-bond donors (Lipinski definition) is 2. The summed E-state index contributed by atoms with van der Waals surface area (Å²) in [6, 6.07) is 8.49. The molecular weight excluding hydrogens is 561 g/mol. The van der Waals surface area contributed by atoms with Crippen LogP contribution in [0.5, 0.6) is 0 Å². The predicted octanol–water partition coefficient (Wildman–Crippen LogP) is 3.36. The lowest BCUT2D eigenvalue weighted by atomic mass is 9.71. The summed E-state index contributed by atoms with van der Waals surface area (Å²) in [6.07, 6.45) is 3.11. The largest absolute Gasteiger partial charge is 0.355 e. The van der Waals surface area contributed by atoms with Crippen LogP contribution in [0.15, 0.2) is 54.3 Å². The summed E-state index contributed by atoms with van der Waals surface area (Å²) >= 11 is 12.8. The van der Waals surface area contributed by atoms with E-state index in [1.165, 1.54) is 17.5 Å². The minimum Gasteiger partial charge on any atom is -0.355 e. The third-order valence-corrected chi connectivity index (χ3v) is 8.25. The summed E-state index contributed by atoms with van der Waals surface area (Å²) in [5.41, 5.74) is 4.18. The first kappa shape index (κ1) is 26.3. The zero-order chi connectivity index (χ0) is 27.1. The van der Waals surface area contributed by atoms with Crippen LogP contribution in [0.3, 0.4) is 0 Å². The highest BCUT2D eigenvalue weighted by molar-refractivity contribution is 7.11. The Morgan fingerprint density at radius 2 is 1.87 bits per heavy atom. The van der Waals surface area contributed by atoms with Crippen molar-refractivity contribution in [2.45, 2.75) is 5.92 Å². The van der Waals surface area contributed by atoms with Crippen molar-refractivity contribution in [2.75, 3.05) is 31.1 Å². The van der Waals surface area contributed by atoms with Crippen LogP contribution in [-0.2, 0) is 15.5 Å². The van der Waals surface area contributed by atoms with Gasteiger partial charge in [0.2, 0.25) is 5.91 Å². The summed E-state index contributed by atoms with van der Waals surface area (Å²) in [5, 5.41) is -0.0779. The second kappa shape index (κ2) is 10.1. The molecule has 0 bridgehead atoms. The van der Waals surface area contributed by atoms with E-state index in [-0.39, 0.29) is 29.0 Å². The van der Waals surface area contributed by atoms with Crippen LogP contribution in [0.4, 0.5) is 14.6 Å². The second-order valence-corrected chi connectivity index (χ2v) is 10.9. The van der Waals surface area contributed by atoms with E-state index < -0.39 is 34.6 Å². The van der Waals surface area contributed by atoms with E-state index in [9.17, 15) is 23.2 Å². The minimum absolute atomic E-state index is 0.0533. The number of halogens is 4. The van der Waals surface area contributed by atoms with Gasteiger partial charge in [0.15, 0.2) is 0 Å². The van der Waals surface area contributed by atoms with Gasteiger partial charge in [-0.1, -0.05) is 35.3 Å². The number of thiazole rings is 1. The normalized spacial score (nSPS) is 18.3. The Morgan fingerprint density at radius 3 is 2.53 bits per heavy atom. The molecule has 3 aromatic rings. The minimum atomic E-state index is -3.99. The van der Waals surface area contributed by atoms with Gasteiger partial charge in [0.05, 0.1) is 27.7 Å². The van der Waals surface area contributed by atoms with Gasteiger partial charge in [-0.25, -0.2) is 4.98 Å². The molecule has 14 heteroatoms. The van der Waals surface area contributed by atoms with Gasteiger partial charge in [0.25, 0.3) is 5.91 Å². The lowest BCUT2D eigenvalue weighted by Crippen LogP contribution is -2.64. The van der Waals surface area contributed by atoms with Gasteiger partial charge in [-0.15, -0.1) is 11.3 Å². The van der Waals surface area contributed by atoms with Crippen LogP contribution in [-0.4, -0.2) is 58.8 Å². The van der Waals surface area contributed by atoms with Gasteiger partial charge in [-0.05, 0) is 24.3 Å². The topological polar surface area (TPSA) is 108 Å². The fourth-order valence-electron chi connectivity index (χ4n) is 4.81. The maximum Gasteiger partial charge on any atom is 0.351 e. The van der Waals surface area contributed by atoms with Crippen LogP contribution in [0.25, 0.3) is 0 Å². The van der Waals surface area contributed by atoms with Crippen molar-refractivity contribution in [3.8, 4) is 0 Å². The zero-order valence-corrected chi connectivity index (χ0v) is 21.9. The number of alkyl halides is 2. The number of carbonyl (C=O) groups is 3. The molecule has 2 fully saturated rings. The van der Waals surface area contributed by atoms with E-state index in [0.29, 0.717) is 18.0 Å². The molecule has 4 heterocycles. The summed E-state index contributed by atoms with van der Waals surface area (Å²) in [5.74, 6) is -6.72. The average Bonchev–Trinajstić information content (AvgIpc) is 3.57. The van der Waals surface area contributed by atoms with Gasteiger partial charge in [-0.3, -0.25) is 30.2 Å². The maximum atomic E-state index is 14.7. The molecule has 5 rings (SSSR count). The van der Waals surface area contributed by atoms with Crippen molar-refractivity contribution in [1.29, 1.82) is 0 Å². The summed E-state index contributed by atoms with van der Waals surface area (Å²) in [7, 11) is 0. The highest BCUT2D eigenvalue weighted by Crippen LogP contribution is 2.46. The number of aromatic nitrogens is 2. The molecule has 38 heavy (non-hydrogen) atoms. The van der Waals surface area contributed by atoms with Gasteiger partial charge < -0.3 is 9.80 Å². The number of benzene rings is 1. The number of nitrogens with one attached hydrogen (secondary N) is 2. The van der Waals surface area contributed by atoms with Crippen LogP contribution in [0.2, 0.25) is 10.0 Å². The first-order valence-electron chi connectivity index (χ1n) is 11.4. The first-order valence-corrected chi connectivity index (χ1v) is 13.0. The molecule has 1 atom stereocenters. The number of carbonyl (C=O) groups excluding carboxylic acids is 3. The van der Waals surface area contributed by atoms with E-state index in [4.69, 9.17) is 23.2 Å². The Balaban J connectivity index is 1.30. The lowest BCUT2D eigenvalue weighted by molar-refractivity contribution is -0.150. The van der Waals surface area contributed by atoms with Crippen molar-refractivity contribution >= 4 is 58.1 Å². The number of rotatable bonds is 5. The Labute approximate surface area is 229 Å². The maximum absolute atomic E-state index is 14.7. The monoisotopic (exact) mass is 580 g/mol. The van der Waals surface area contributed by atoms with Crippen LogP contribution < -0.4 is 15.8 Å². The third-order valence-electron chi connectivity index (χ3n) is 6.75. The van der Waals surface area contributed by atoms with Crippen molar-refractivity contribution in [3.63, 3.8) is 0 Å². The van der Waals surface area contributed by atoms with E-state index >= 15 is 0 Å². The molecule has 9 nitrogen and oxygen atoms in total. The molecule has 1 aromatic carbocycles. The second-order valence-electron chi connectivity index (χ2n) is 9.16. The van der Waals surface area contributed by atoms with Gasteiger partial charge in [0, 0.05) is 43.4 Å². The van der Waals surface area contributed by atoms with E-state index in [1.807, 2.05) is 22.5 Å². The van der Waals surface area contributed by atoms with Crippen molar-refractivity contribution in [1.82, 2.24) is 25.7 Å². The van der Waals surface area contributed by atoms with Crippen molar-refractivity contribution in [2.24, 2.45) is 11.3 Å². The van der Waals surface area contributed by atoms with Gasteiger partial charge in [-0.2, -0.15) is 8.78 Å². The van der Waals surface area contributed by atoms with E-state index in [1.54, 1.807) is 22.7 Å². The number of nitrogens with zero attached hydrogens (tertiary/aromatic N) is 4. The quantitative estimate of drug-likeness (QED) is 0.448. The summed E-state index contributed by atoms with van der Waals surface area (Å²) in [6.45, 7) is 1.17. The summed E-state index contributed by atoms with van der Waals surface area (Å²) in [4.78, 5) is 50.8. The Bertz CT molecular complexity index is 1370. The predicted molar refractivity (Wildman–Crippen MR) is 137 cm³/mol. The molecule has 3 amide bonds. The van der Waals surface area contributed by atoms with Crippen LogP contribution >= 0.6 is 34.5 Å². The molecule has 0 radical (unpaired) electrons. The van der Waals surface area contributed by atoms with Crippen molar-refractivity contribution in [3.05, 3.63) is 74.8 Å². The zero-order valence-electron chi connectivity index (χ0n) is 19.5. The molecule has 0 aliphatic carbocycles. The fraction of sp³-hybridized carbons (Fsp3) is 0.292. The Kier molecular flexibility index (Phi) is 6.97. The van der Waals surface area contributed by atoms with E-state index in [0.717, 1.165) is 24.0 Å². The lowest BCUT2D eigenvalue weighted by Gasteiger charge is -2.50. The molecule has 2 aliphatic heterocycles. The fourth-order valence-corrected chi connectivity index (χ4v) is 5.69. The average molecular weight is 581 g/mol. The Morgan fingerprint density at radius 1 is 1.08 bits per heavy atom. The highest BCUT2D eigenvalue weighted by Gasteiger charge is 2.58. The first-order chi connectivity index (χ1) is 18.1. The standard InChI is InChI=1S/C24H20Cl2F2N6O3S/c25-16-5-4-14(7-17(16)26)24(27,28)22(37)32-31-20(35)15-9-33(21(36)18-8-29-13-38-18)10-23(15)11-34(12-23)19-3-1-2-6-30-19/h1-8,13,15H,9-12H2,(H,31,35)(H,32,37). The SMILES string of the molecule is O=C(NNC(=O)C(F)(F)c1ccc(Cl)c(Cl)c1)C1CN(C(=O)c2cncs2)CC12CN(c1ccccn1)C2. The number of likely N-dealkylation sites (tertiary alicyclic amines) is 1. The number of anilines is 1. The molecule has 1 unspecified atom stereocenters. The number of hydrogen-bond acceptors (Lipinski definition) is 7. The molecule has 2 N–H and O–H groups in total. The summed E-state index contributed by atoms with van der Waals surface area (Å²) < 4.78 is 29.5. The number of amides is 3. The highest BCUT2D eigenvalue weighted by atomic mass is 35.5. The Hall–Kier alpha value is -3.35. The molecule has 0 saturated carbocycles. The van der Waals surface area contributed by atoms with Gasteiger partial charge >= 0.3 is 11.8 Å².